The van der Waals surface area contributed by atoms with Crippen LogP contribution in [0.2, 0.25) is 0 Å². The summed E-state index contributed by atoms with van der Waals surface area (Å²) in [5.74, 6) is -0.291. The van der Waals surface area contributed by atoms with Crippen LogP contribution in [0.4, 0.5) is 5.69 Å². The molecular formula is C19H24ClN3O3S. The van der Waals surface area contributed by atoms with E-state index in [-0.39, 0.29) is 34.8 Å². The number of carbonyl (C=O) groups excluding carboxylic acids is 1. The lowest BCUT2D eigenvalue weighted by Gasteiger charge is -2.31. The van der Waals surface area contributed by atoms with Crippen molar-refractivity contribution < 1.29 is 13.2 Å². The molecule has 3 rings (SSSR count). The quantitative estimate of drug-likeness (QED) is 0.840. The Morgan fingerprint density at radius 1 is 1.11 bits per heavy atom. The summed E-state index contributed by atoms with van der Waals surface area (Å²) in [6.07, 6.45) is 1.70. The Balaban J connectivity index is 0.00000261. The molecule has 27 heavy (non-hydrogen) atoms. The van der Waals surface area contributed by atoms with Gasteiger partial charge in [0, 0.05) is 26.2 Å². The first-order chi connectivity index (χ1) is 12.4. The van der Waals surface area contributed by atoms with Crippen LogP contribution in [-0.4, -0.2) is 45.4 Å². The predicted octanol–water partition coefficient (Wildman–Crippen LogP) is 2.50. The number of likely N-dealkylation sites (tertiary alicyclic amines) is 1. The van der Waals surface area contributed by atoms with E-state index in [1.54, 1.807) is 47.4 Å². The van der Waals surface area contributed by atoms with Crippen LogP contribution in [-0.2, 0) is 10.0 Å². The van der Waals surface area contributed by atoms with Crippen LogP contribution in [0.25, 0.3) is 0 Å². The Morgan fingerprint density at radius 2 is 1.74 bits per heavy atom. The standard InChI is InChI=1S/C19H23N3O3S.ClH/c1-21(16-9-3-2-4-10-16)26(24,25)18-12-6-5-11-17(18)19(23)22-13-7-8-15(20)14-22;/h2-6,9-12,15H,7-8,13-14,20H2,1H3;1H. The summed E-state index contributed by atoms with van der Waals surface area (Å²) in [6, 6.07) is 15.1. The third kappa shape index (κ3) is 4.43. The third-order valence-corrected chi connectivity index (χ3v) is 6.46. The molecule has 0 saturated carbocycles. The van der Waals surface area contributed by atoms with Gasteiger partial charge in [0.1, 0.15) is 4.90 Å². The minimum atomic E-state index is -3.87. The van der Waals surface area contributed by atoms with Crippen LogP contribution >= 0.6 is 12.4 Å². The molecule has 1 heterocycles. The highest BCUT2D eigenvalue weighted by Gasteiger charge is 2.30. The van der Waals surface area contributed by atoms with Gasteiger partial charge in [0.15, 0.2) is 0 Å². The van der Waals surface area contributed by atoms with Gasteiger partial charge in [-0.25, -0.2) is 8.42 Å². The summed E-state index contributed by atoms with van der Waals surface area (Å²) in [4.78, 5) is 14.6. The maximum absolute atomic E-state index is 13.1. The zero-order valence-corrected chi connectivity index (χ0v) is 16.7. The summed E-state index contributed by atoms with van der Waals surface area (Å²) in [5, 5.41) is 0. The molecule has 2 aromatic rings. The molecule has 0 spiro atoms. The van der Waals surface area contributed by atoms with Gasteiger partial charge in [0.05, 0.1) is 11.3 Å². The first kappa shape index (κ1) is 21.2. The second kappa shape index (κ2) is 8.73. The van der Waals surface area contributed by atoms with Gasteiger partial charge >= 0.3 is 0 Å². The number of amides is 1. The Morgan fingerprint density at radius 3 is 2.41 bits per heavy atom. The number of hydrogen-bond acceptors (Lipinski definition) is 4. The van der Waals surface area contributed by atoms with Crippen molar-refractivity contribution in [2.45, 2.75) is 23.8 Å². The minimum Gasteiger partial charge on any atom is -0.337 e. The van der Waals surface area contributed by atoms with Crippen molar-refractivity contribution >= 4 is 34.0 Å². The normalized spacial score (nSPS) is 17.1. The molecule has 0 radical (unpaired) electrons. The highest BCUT2D eigenvalue weighted by Crippen LogP contribution is 2.26. The van der Waals surface area contributed by atoms with Gasteiger partial charge in [-0.1, -0.05) is 30.3 Å². The van der Waals surface area contributed by atoms with E-state index >= 15 is 0 Å². The van der Waals surface area contributed by atoms with Crippen LogP contribution < -0.4 is 10.0 Å². The van der Waals surface area contributed by atoms with Gasteiger partial charge < -0.3 is 10.6 Å². The average molecular weight is 410 g/mol. The first-order valence-corrected chi connectivity index (χ1v) is 10.0. The fourth-order valence-electron chi connectivity index (χ4n) is 3.16. The van der Waals surface area contributed by atoms with Crippen molar-refractivity contribution in [3.63, 3.8) is 0 Å². The molecule has 6 nitrogen and oxygen atoms in total. The number of benzene rings is 2. The molecule has 1 amide bonds. The number of para-hydroxylation sites is 1. The lowest BCUT2D eigenvalue weighted by Crippen LogP contribution is -2.46. The molecule has 146 valence electrons. The fraction of sp³-hybridized carbons (Fsp3) is 0.316. The fourth-order valence-corrected chi connectivity index (χ4v) is 4.54. The van der Waals surface area contributed by atoms with Crippen LogP contribution in [0.15, 0.2) is 59.5 Å². The van der Waals surface area contributed by atoms with Crippen LogP contribution in [0, 0.1) is 0 Å². The highest BCUT2D eigenvalue weighted by atomic mass is 35.5. The molecule has 1 aliphatic rings. The second-order valence-electron chi connectivity index (χ2n) is 6.46. The van der Waals surface area contributed by atoms with Gasteiger partial charge in [-0.05, 0) is 37.1 Å². The number of sulfonamides is 1. The molecule has 1 aliphatic heterocycles. The first-order valence-electron chi connectivity index (χ1n) is 8.59. The molecule has 1 saturated heterocycles. The van der Waals surface area contributed by atoms with Crippen molar-refractivity contribution in [2.75, 3.05) is 24.4 Å². The molecule has 0 bridgehead atoms. The van der Waals surface area contributed by atoms with Crippen molar-refractivity contribution in [1.82, 2.24) is 4.90 Å². The number of hydrogen-bond donors (Lipinski definition) is 1. The smallest absolute Gasteiger partial charge is 0.264 e. The lowest BCUT2D eigenvalue weighted by molar-refractivity contribution is 0.0705. The zero-order valence-electron chi connectivity index (χ0n) is 15.1. The monoisotopic (exact) mass is 409 g/mol. The molecule has 0 aromatic heterocycles. The molecular weight excluding hydrogens is 386 g/mol. The maximum atomic E-state index is 13.1. The number of nitrogens with zero attached hydrogens (tertiary/aromatic N) is 2. The maximum Gasteiger partial charge on any atom is 0.264 e. The molecule has 2 aromatic carbocycles. The molecule has 0 aliphatic carbocycles. The van der Waals surface area contributed by atoms with Crippen molar-refractivity contribution in [1.29, 1.82) is 0 Å². The number of rotatable bonds is 4. The third-order valence-electron chi connectivity index (χ3n) is 4.62. The number of carbonyl (C=O) groups is 1. The zero-order chi connectivity index (χ0) is 18.7. The molecule has 1 unspecified atom stereocenters. The number of halogens is 1. The van der Waals surface area contributed by atoms with Gasteiger partial charge in [0.2, 0.25) is 0 Å². The van der Waals surface area contributed by atoms with E-state index in [1.807, 2.05) is 6.07 Å². The van der Waals surface area contributed by atoms with E-state index in [0.717, 1.165) is 12.8 Å². The predicted molar refractivity (Wildman–Crippen MR) is 109 cm³/mol. The molecule has 1 fully saturated rings. The molecule has 1 atom stereocenters. The van der Waals surface area contributed by atoms with Crippen LogP contribution in [0.1, 0.15) is 23.2 Å². The van der Waals surface area contributed by atoms with E-state index in [0.29, 0.717) is 18.8 Å². The summed E-state index contributed by atoms with van der Waals surface area (Å²) in [5.41, 5.74) is 6.69. The number of piperidine rings is 1. The van der Waals surface area contributed by atoms with E-state index in [9.17, 15) is 13.2 Å². The lowest BCUT2D eigenvalue weighted by atomic mass is 10.1. The van der Waals surface area contributed by atoms with Crippen LogP contribution in [0.5, 0.6) is 0 Å². The Hall–Kier alpha value is -2.09. The minimum absolute atomic E-state index is 0. The van der Waals surface area contributed by atoms with Crippen molar-refractivity contribution in [2.24, 2.45) is 5.73 Å². The van der Waals surface area contributed by atoms with E-state index in [4.69, 9.17) is 5.73 Å². The van der Waals surface area contributed by atoms with Crippen molar-refractivity contribution in [3.8, 4) is 0 Å². The Bertz CT molecular complexity index is 890. The van der Waals surface area contributed by atoms with Gasteiger partial charge in [-0.3, -0.25) is 9.10 Å². The van der Waals surface area contributed by atoms with E-state index in [1.165, 1.54) is 17.4 Å². The topological polar surface area (TPSA) is 83.7 Å². The van der Waals surface area contributed by atoms with Gasteiger partial charge in [-0.15, -0.1) is 12.4 Å². The summed E-state index contributed by atoms with van der Waals surface area (Å²) in [7, 11) is -2.38. The van der Waals surface area contributed by atoms with Gasteiger partial charge in [-0.2, -0.15) is 0 Å². The van der Waals surface area contributed by atoms with Crippen molar-refractivity contribution in [3.05, 3.63) is 60.2 Å². The van der Waals surface area contributed by atoms with E-state index in [2.05, 4.69) is 0 Å². The Kier molecular flexibility index (Phi) is 6.86. The number of anilines is 1. The SMILES string of the molecule is CN(c1ccccc1)S(=O)(=O)c1ccccc1C(=O)N1CCCC(N)C1.Cl. The summed E-state index contributed by atoms with van der Waals surface area (Å²) < 4.78 is 27.5. The molecule has 8 heteroatoms. The van der Waals surface area contributed by atoms with Crippen LogP contribution in [0.3, 0.4) is 0 Å². The summed E-state index contributed by atoms with van der Waals surface area (Å²) >= 11 is 0. The highest BCUT2D eigenvalue weighted by molar-refractivity contribution is 7.92. The largest absolute Gasteiger partial charge is 0.337 e. The number of nitrogens with two attached hydrogens (primary N) is 1. The molecule has 2 N–H and O–H groups in total. The average Bonchev–Trinajstić information content (AvgIpc) is 2.67. The van der Waals surface area contributed by atoms with Gasteiger partial charge in [0.25, 0.3) is 15.9 Å². The van der Waals surface area contributed by atoms with E-state index < -0.39 is 10.0 Å². The summed E-state index contributed by atoms with van der Waals surface area (Å²) in [6.45, 7) is 1.04. The Labute approximate surface area is 166 Å². The second-order valence-corrected chi connectivity index (χ2v) is 8.40.